The third-order valence-corrected chi connectivity index (χ3v) is 5.25. The molecule has 1 aliphatic carbocycles. The molecule has 3 atom stereocenters. The summed E-state index contributed by atoms with van der Waals surface area (Å²) < 4.78 is 0. The maximum absolute atomic E-state index is 10.4. The van der Waals surface area contributed by atoms with Crippen molar-refractivity contribution < 1.29 is 5.11 Å². The van der Waals surface area contributed by atoms with Crippen LogP contribution in [0.4, 0.5) is 0 Å². The maximum atomic E-state index is 10.4. The van der Waals surface area contributed by atoms with Gasteiger partial charge in [0.05, 0.1) is 6.10 Å². The first kappa shape index (κ1) is 16.3. The molecule has 1 saturated heterocycles. The lowest BCUT2D eigenvalue weighted by Gasteiger charge is -2.43. The third kappa shape index (κ3) is 4.44. The Hall–Kier alpha value is -0.120. The summed E-state index contributed by atoms with van der Waals surface area (Å²) in [6.45, 7) is 8.58. The zero-order chi connectivity index (χ0) is 14.8. The van der Waals surface area contributed by atoms with Crippen LogP contribution in [0.3, 0.4) is 0 Å². The van der Waals surface area contributed by atoms with Crippen molar-refractivity contribution in [1.29, 1.82) is 0 Å². The minimum Gasteiger partial charge on any atom is -0.393 e. The molecule has 3 nitrogen and oxygen atoms in total. The topological polar surface area (TPSA) is 49.5 Å². The number of piperidine rings is 1. The number of nitrogens with two attached hydrogens (primary N) is 1. The zero-order valence-electron chi connectivity index (χ0n) is 13.6. The van der Waals surface area contributed by atoms with Crippen molar-refractivity contribution in [2.45, 2.75) is 83.9 Å². The van der Waals surface area contributed by atoms with Gasteiger partial charge in [0.2, 0.25) is 0 Å². The molecule has 1 aliphatic heterocycles. The fourth-order valence-corrected chi connectivity index (χ4v) is 3.87. The number of rotatable bonds is 3. The van der Waals surface area contributed by atoms with Crippen LogP contribution in [0.5, 0.6) is 0 Å². The van der Waals surface area contributed by atoms with Crippen molar-refractivity contribution >= 4 is 0 Å². The predicted molar refractivity (Wildman–Crippen MR) is 84.6 cm³/mol. The highest BCUT2D eigenvalue weighted by molar-refractivity contribution is 4.88. The van der Waals surface area contributed by atoms with Gasteiger partial charge in [0.25, 0.3) is 0 Å². The van der Waals surface area contributed by atoms with Crippen LogP contribution in [0.15, 0.2) is 0 Å². The first-order chi connectivity index (χ1) is 9.36. The van der Waals surface area contributed by atoms with Crippen LogP contribution in [-0.4, -0.2) is 41.3 Å². The molecule has 2 rings (SSSR count). The molecule has 2 aliphatic rings. The van der Waals surface area contributed by atoms with E-state index in [1.54, 1.807) is 0 Å². The van der Waals surface area contributed by atoms with E-state index in [4.69, 9.17) is 5.73 Å². The highest BCUT2D eigenvalue weighted by Crippen LogP contribution is 2.31. The molecule has 0 amide bonds. The standard InChI is InChI=1S/C17H34N2O/c1-17(2,3)16(20)10-13-9-14(18)12-19(11-13)15-7-5-4-6-8-15/h13-16,20H,4-12,18H2,1-3H3. The Balaban J connectivity index is 1.90. The minimum atomic E-state index is -0.217. The summed E-state index contributed by atoms with van der Waals surface area (Å²) in [6.07, 6.45) is 8.63. The van der Waals surface area contributed by atoms with Gasteiger partial charge in [-0.05, 0) is 37.0 Å². The Morgan fingerprint density at radius 3 is 2.40 bits per heavy atom. The molecule has 3 N–H and O–H groups in total. The molecule has 0 aromatic carbocycles. The van der Waals surface area contributed by atoms with Crippen LogP contribution in [-0.2, 0) is 0 Å². The second-order valence-corrected chi connectivity index (χ2v) is 8.23. The molecule has 3 heteroatoms. The fourth-order valence-electron chi connectivity index (χ4n) is 3.87. The quantitative estimate of drug-likeness (QED) is 0.837. The first-order valence-electron chi connectivity index (χ1n) is 8.54. The van der Waals surface area contributed by atoms with Gasteiger partial charge >= 0.3 is 0 Å². The van der Waals surface area contributed by atoms with Gasteiger partial charge in [0, 0.05) is 25.2 Å². The van der Waals surface area contributed by atoms with Crippen LogP contribution in [0.2, 0.25) is 0 Å². The number of aliphatic hydroxyl groups is 1. The molecule has 2 fully saturated rings. The van der Waals surface area contributed by atoms with Crippen molar-refractivity contribution in [2.24, 2.45) is 17.1 Å². The van der Waals surface area contributed by atoms with E-state index in [1.807, 2.05) is 0 Å². The van der Waals surface area contributed by atoms with Crippen LogP contribution < -0.4 is 5.73 Å². The van der Waals surface area contributed by atoms with E-state index in [2.05, 4.69) is 25.7 Å². The van der Waals surface area contributed by atoms with Crippen LogP contribution in [0.1, 0.15) is 65.7 Å². The minimum absolute atomic E-state index is 0.0167. The van der Waals surface area contributed by atoms with Gasteiger partial charge in [-0.2, -0.15) is 0 Å². The Morgan fingerprint density at radius 1 is 1.15 bits per heavy atom. The average Bonchev–Trinajstić information content (AvgIpc) is 2.38. The number of nitrogens with zero attached hydrogens (tertiary/aromatic N) is 1. The number of aliphatic hydroxyl groups excluding tert-OH is 1. The Labute approximate surface area is 124 Å². The molecule has 1 saturated carbocycles. The van der Waals surface area contributed by atoms with Crippen molar-refractivity contribution in [1.82, 2.24) is 4.90 Å². The molecule has 0 aromatic rings. The van der Waals surface area contributed by atoms with Crippen LogP contribution >= 0.6 is 0 Å². The van der Waals surface area contributed by atoms with E-state index in [9.17, 15) is 5.11 Å². The fraction of sp³-hybridized carbons (Fsp3) is 1.00. The van der Waals surface area contributed by atoms with Crippen molar-refractivity contribution in [2.75, 3.05) is 13.1 Å². The molecule has 0 aromatic heterocycles. The molecule has 3 unspecified atom stereocenters. The summed E-state index contributed by atoms with van der Waals surface area (Å²) in [7, 11) is 0. The number of hydrogen-bond acceptors (Lipinski definition) is 3. The molecular weight excluding hydrogens is 248 g/mol. The SMILES string of the molecule is CC(C)(C)C(O)CC1CC(N)CN(C2CCCCC2)C1. The Kier molecular flexibility index (Phi) is 5.49. The van der Waals surface area contributed by atoms with Gasteiger partial charge in [-0.1, -0.05) is 40.0 Å². The molecule has 20 heavy (non-hydrogen) atoms. The summed E-state index contributed by atoms with van der Waals surface area (Å²) in [5.74, 6) is 0.565. The second-order valence-electron chi connectivity index (χ2n) is 8.23. The van der Waals surface area contributed by atoms with E-state index in [-0.39, 0.29) is 11.5 Å². The van der Waals surface area contributed by atoms with Gasteiger partial charge in [0.15, 0.2) is 0 Å². The van der Waals surface area contributed by atoms with Crippen molar-refractivity contribution in [3.63, 3.8) is 0 Å². The predicted octanol–water partition coefficient (Wildman–Crippen LogP) is 2.77. The molecule has 1 heterocycles. The zero-order valence-corrected chi connectivity index (χ0v) is 13.6. The Bertz CT molecular complexity index is 294. The lowest BCUT2D eigenvalue weighted by molar-refractivity contribution is 0.0141. The van der Waals surface area contributed by atoms with Crippen LogP contribution in [0.25, 0.3) is 0 Å². The highest BCUT2D eigenvalue weighted by atomic mass is 16.3. The summed E-state index contributed by atoms with van der Waals surface area (Å²) in [6, 6.07) is 1.05. The van der Waals surface area contributed by atoms with E-state index < -0.39 is 0 Å². The second kappa shape index (κ2) is 6.76. The third-order valence-electron chi connectivity index (χ3n) is 5.25. The molecule has 118 valence electrons. The van der Waals surface area contributed by atoms with Crippen molar-refractivity contribution in [3.05, 3.63) is 0 Å². The first-order valence-corrected chi connectivity index (χ1v) is 8.54. The Morgan fingerprint density at radius 2 is 1.80 bits per heavy atom. The van der Waals surface area contributed by atoms with Gasteiger partial charge < -0.3 is 10.8 Å². The molecular formula is C17H34N2O. The maximum Gasteiger partial charge on any atom is 0.0591 e. The van der Waals surface area contributed by atoms with Crippen molar-refractivity contribution in [3.8, 4) is 0 Å². The number of likely N-dealkylation sites (tertiary alicyclic amines) is 1. The van der Waals surface area contributed by atoms with Crippen LogP contribution in [0, 0.1) is 11.3 Å². The van der Waals surface area contributed by atoms with E-state index in [0.717, 1.165) is 32.0 Å². The molecule has 0 radical (unpaired) electrons. The largest absolute Gasteiger partial charge is 0.393 e. The summed E-state index contributed by atoms with van der Waals surface area (Å²) in [5, 5.41) is 10.4. The highest BCUT2D eigenvalue weighted by Gasteiger charge is 2.33. The summed E-state index contributed by atoms with van der Waals surface area (Å²) in [4.78, 5) is 2.63. The monoisotopic (exact) mass is 282 g/mol. The average molecular weight is 282 g/mol. The normalized spacial score (nSPS) is 32.2. The van der Waals surface area contributed by atoms with E-state index in [1.165, 1.54) is 32.1 Å². The van der Waals surface area contributed by atoms with Gasteiger partial charge in [-0.15, -0.1) is 0 Å². The van der Waals surface area contributed by atoms with E-state index >= 15 is 0 Å². The van der Waals surface area contributed by atoms with Gasteiger partial charge in [0.1, 0.15) is 0 Å². The number of hydrogen-bond donors (Lipinski definition) is 2. The summed E-state index contributed by atoms with van der Waals surface area (Å²) in [5.41, 5.74) is 6.27. The smallest absolute Gasteiger partial charge is 0.0591 e. The lowest BCUT2D eigenvalue weighted by Crippen LogP contribution is -2.52. The summed E-state index contributed by atoms with van der Waals surface area (Å²) >= 11 is 0. The van der Waals surface area contributed by atoms with Gasteiger partial charge in [-0.3, -0.25) is 4.90 Å². The molecule has 0 spiro atoms. The van der Waals surface area contributed by atoms with Gasteiger partial charge in [-0.25, -0.2) is 0 Å². The van der Waals surface area contributed by atoms with E-state index in [0.29, 0.717) is 12.0 Å². The lowest BCUT2D eigenvalue weighted by atomic mass is 9.80. The molecule has 0 bridgehead atoms.